The van der Waals surface area contributed by atoms with E-state index in [9.17, 15) is 4.79 Å². The van der Waals surface area contributed by atoms with Crippen molar-refractivity contribution in [3.8, 4) is 5.75 Å². The molecule has 1 fully saturated rings. The van der Waals surface area contributed by atoms with Crippen LogP contribution in [0, 0.1) is 12.8 Å². The summed E-state index contributed by atoms with van der Waals surface area (Å²) in [5, 5.41) is 0. The Morgan fingerprint density at radius 1 is 1.47 bits per heavy atom. The predicted octanol–water partition coefficient (Wildman–Crippen LogP) is 2.99. The lowest BCUT2D eigenvalue weighted by atomic mass is 10.0. The summed E-state index contributed by atoms with van der Waals surface area (Å²) in [7, 11) is 0. The molecule has 0 bridgehead atoms. The molecule has 0 unspecified atom stereocenters. The van der Waals surface area contributed by atoms with E-state index in [0.29, 0.717) is 0 Å². The largest absolute Gasteiger partial charge is 0.493 e. The summed E-state index contributed by atoms with van der Waals surface area (Å²) in [6.45, 7) is 4.33. The Labute approximate surface area is 90.3 Å². The van der Waals surface area contributed by atoms with Crippen molar-refractivity contribution >= 4 is 5.78 Å². The highest BCUT2D eigenvalue weighted by Gasteiger charge is 2.22. The molecular formula is C13H16O2. The Kier molecular flexibility index (Phi) is 2.76. The van der Waals surface area contributed by atoms with Gasteiger partial charge in [-0.1, -0.05) is 12.1 Å². The molecule has 0 atom stereocenters. The van der Waals surface area contributed by atoms with Crippen molar-refractivity contribution in [1.82, 2.24) is 0 Å². The molecule has 0 heterocycles. The molecule has 2 nitrogen and oxygen atoms in total. The Morgan fingerprint density at radius 2 is 2.20 bits per heavy atom. The number of Topliss-reactive ketones (excluding diaryl/α,β-unsaturated/α-hetero) is 1. The first-order valence-electron chi connectivity index (χ1n) is 5.42. The van der Waals surface area contributed by atoms with Crippen LogP contribution < -0.4 is 4.74 Å². The zero-order valence-electron chi connectivity index (χ0n) is 9.25. The fraction of sp³-hybridized carbons (Fsp3) is 0.462. The zero-order valence-corrected chi connectivity index (χ0v) is 9.25. The molecule has 1 aliphatic rings. The van der Waals surface area contributed by atoms with Crippen molar-refractivity contribution in [2.45, 2.75) is 26.7 Å². The van der Waals surface area contributed by atoms with E-state index in [2.05, 4.69) is 0 Å². The molecule has 1 aliphatic carbocycles. The molecule has 0 amide bonds. The van der Waals surface area contributed by atoms with Gasteiger partial charge in [-0.3, -0.25) is 4.79 Å². The second-order valence-corrected chi connectivity index (χ2v) is 4.24. The second-order valence-electron chi connectivity index (χ2n) is 4.24. The minimum absolute atomic E-state index is 0.101. The van der Waals surface area contributed by atoms with Crippen LogP contribution in [-0.2, 0) is 0 Å². The van der Waals surface area contributed by atoms with Gasteiger partial charge in [0.05, 0.1) is 6.61 Å². The summed E-state index contributed by atoms with van der Waals surface area (Å²) in [6.07, 6.45) is 2.57. The fourth-order valence-corrected chi connectivity index (χ4v) is 1.64. The molecule has 0 spiro atoms. The number of rotatable bonds is 4. The van der Waals surface area contributed by atoms with Gasteiger partial charge in [-0.25, -0.2) is 0 Å². The molecule has 0 radical (unpaired) electrons. The van der Waals surface area contributed by atoms with Crippen molar-refractivity contribution in [3.63, 3.8) is 0 Å². The first kappa shape index (κ1) is 10.2. The molecular weight excluding hydrogens is 188 g/mol. The molecule has 2 rings (SSSR count). The maximum absolute atomic E-state index is 11.3. The number of carbonyl (C=O) groups is 1. The highest BCUT2D eigenvalue weighted by molar-refractivity contribution is 5.96. The van der Waals surface area contributed by atoms with Crippen LogP contribution >= 0.6 is 0 Å². The lowest BCUT2D eigenvalue weighted by Gasteiger charge is -2.10. The van der Waals surface area contributed by atoms with Gasteiger partial charge in [0.2, 0.25) is 0 Å². The standard InChI is InChI=1S/C13H16O2/c1-9-12(10(2)14)4-3-5-13(9)15-8-11-6-7-11/h3-5,11H,6-8H2,1-2H3. The van der Waals surface area contributed by atoms with Gasteiger partial charge < -0.3 is 4.74 Å². The fourth-order valence-electron chi connectivity index (χ4n) is 1.64. The molecule has 80 valence electrons. The third-order valence-corrected chi connectivity index (χ3v) is 2.83. The van der Waals surface area contributed by atoms with E-state index in [1.54, 1.807) is 6.92 Å². The lowest BCUT2D eigenvalue weighted by molar-refractivity contribution is 0.101. The van der Waals surface area contributed by atoms with Crippen LogP contribution in [0.25, 0.3) is 0 Å². The summed E-state index contributed by atoms with van der Waals surface area (Å²) >= 11 is 0. The Bertz CT molecular complexity index is 378. The normalized spacial score (nSPS) is 15.1. The van der Waals surface area contributed by atoms with Crippen molar-refractivity contribution < 1.29 is 9.53 Å². The van der Waals surface area contributed by atoms with Crippen LogP contribution in [0.4, 0.5) is 0 Å². The van der Waals surface area contributed by atoms with Crippen molar-refractivity contribution in [3.05, 3.63) is 29.3 Å². The first-order valence-corrected chi connectivity index (χ1v) is 5.42. The van der Waals surface area contributed by atoms with Crippen LogP contribution in [-0.4, -0.2) is 12.4 Å². The molecule has 15 heavy (non-hydrogen) atoms. The summed E-state index contributed by atoms with van der Waals surface area (Å²) in [4.78, 5) is 11.3. The second kappa shape index (κ2) is 4.05. The maximum Gasteiger partial charge on any atom is 0.160 e. The number of ether oxygens (including phenoxy) is 1. The minimum atomic E-state index is 0.101. The predicted molar refractivity (Wildman–Crippen MR) is 59.4 cm³/mol. The zero-order chi connectivity index (χ0) is 10.8. The van der Waals surface area contributed by atoms with Crippen LogP contribution in [0.15, 0.2) is 18.2 Å². The lowest BCUT2D eigenvalue weighted by Crippen LogP contribution is -2.03. The molecule has 0 aromatic heterocycles. The molecule has 0 aliphatic heterocycles. The Hall–Kier alpha value is -1.31. The topological polar surface area (TPSA) is 26.3 Å². The van der Waals surface area contributed by atoms with Crippen LogP contribution in [0.2, 0.25) is 0 Å². The van der Waals surface area contributed by atoms with Gasteiger partial charge in [0.25, 0.3) is 0 Å². The molecule has 0 N–H and O–H groups in total. The number of hydrogen-bond donors (Lipinski definition) is 0. The third kappa shape index (κ3) is 2.38. The van der Waals surface area contributed by atoms with E-state index in [0.717, 1.165) is 29.4 Å². The molecule has 1 aromatic rings. The average molecular weight is 204 g/mol. The van der Waals surface area contributed by atoms with Gasteiger partial charge in [-0.05, 0) is 38.7 Å². The van der Waals surface area contributed by atoms with Gasteiger partial charge in [-0.15, -0.1) is 0 Å². The highest BCUT2D eigenvalue weighted by atomic mass is 16.5. The van der Waals surface area contributed by atoms with Crippen LogP contribution in [0.3, 0.4) is 0 Å². The summed E-state index contributed by atoms with van der Waals surface area (Å²) in [6, 6.07) is 5.66. The summed E-state index contributed by atoms with van der Waals surface area (Å²) in [5.41, 5.74) is 1.73. The summed E-state index contributed by atoms with van der Waals surface area (Å²) < 4.78 is 5.70. The van der Waals surface area contributed by atoms with E-state index in [1.807, 2.05) is 25.1 Å². The Balaban J connectivity index is 2.14. The Morgan fingerprint density at radius 3 is 2.80 bits per heavy atom. The smallest absolute Gasteiger partial charge is 0.160 e. The van der Waals surface area contributed by atoms with Crippen molar-refractivity contribution in [2.75, 3.05) is 6.61 Å². The third-order valence-electron chi connectivity index (χ3n) is 2.83. The minimum Gasteiger partial charge on any atom is -0.493 e. The molecule has 0 saturated heterocycles. The number of ketones is 1. The summed E-state index contributed by atoms with van der Waals surface area (Å²) in [5.74, 6) is 1.70. The van der Waals surface area contributed by atoms with Gasteiger partial charge in [0, 0.05) is 11.1 Å². The van der Waals surface area contributed by atoms with E-state index in [4.69, 9.17) is 4.74 Å². The van der Waals surface area contributed by atoms with E-state index >= 15 is 0 Å². The quantitative estimate of drug-likeness (QED) is 0.705. The molecule has 1 saturated carbocycles. The maximum atomic E-state index is 11.3. The SMILES string of the molecule is CC(=O)c1cccc(OCC2CC2)c1C. The number of benzene rings is 1. The van der Waals surface area contributed by atoms with Crippen LogP contribution in [0.5, 0.6) is 5.75 Å². The van der Waals surface area contributed by atoms with Gasteiger partial charge in [-0.2, -0.15) is 0 Å². The van der Waals surface area contributed by atoms with Crippen molar-refractivity contribution in [2.24, 2.45) is 5.92 Å². The van der Waals surface area contributed by atoms with Crippen molar-refractivity contribution in [1.29, 1.82) is 0 Å². The average Bonchev–Trinajstić information content (AvgIpc) is 2.99. The molecule has 2 heteroatoms. The monoisotopic (exact) mass is 204 g/mol. The molecule has 1 aromatic carbocycles. The first-order chi connectivity index (χ1) is 7.18. The van der Waals surface area contributed by atoms with E-state index < -0.39 is 0 Å². The van der Waals surface area contributed by atoms with E-state index in [-0.39, 0.29) is 5.78 Å². The van der Waals surface area contributed by atoms with Gasteiger partial charge >= 0.3 is 0 Å². The van der Waals surface area contributed by atoms with Gasteiger partial charge in [0.15, 0.2) is 5.78 Å². The van der Waals surface area contributed by atoms with Crippen LogP contribution in [0.1, 0.15) is 35.7 Å². The number of hydrogen-bond acceptors (Lipinski definition) is 2. The van der Waals surface area contributed by atoms with Gasteiger partial charge in [0.1, 0.15) is 5.75 Å². The van der Waals surface area contributed by atoms with E-state index in [1.165, 1.54) is 12.8 Å². The number of carbonyl (C=O) groups excluding carboxylic acids is 1. The highest BCUT2D eigenvalue weighted by Crippen LogP contribution is 2.30.